The summed E-state index contributed by atoms with van der Waals surface area (Å²) in [5.74, 6) is -1.47. The molecule has 0 aromatic heterocycles. The van der Waals surface area contributed by atoms with Crippen LogP contribution in [-0.4, -0.2) is 40.3 Å². The SMILES string of the molecule is CC1CCC(C(=O)O)CN1C(=O)CCC(=O)c1ccc2c(c1)CCCC2. The predicted molar refractivity (Wildman–Crippen MR) is 98.2 cm³/mol. The Hall–Kier alpha value is -2.17. The predicted octanol–water partition coefficient (Wildman–Crippen LogP) is 3.24. The van der Waals surface area contributed by atoms with Crippen LogP contribution in [-0.2, 0) is 22.4 Å². The number of ketones is 1. The molecular formula is C21H27NO4. The average molecular weight is 357 g/mol. The number of likely N-dealkylation sites (tertiary alicyclic amines) is 1. The van der Waals surface area contributed by atoms with Crippen LogP contribution in [0.1, 0.15) is 66.9 Å². The van der Waals surface area contributed by atoms with Crippen LogP contribution < -0.4 is 0 Å². The van der Waals surface area contributed by atoms with E-state index >= 15 is 0 Å². The van der Waals surface area contributed by atoms with Crippen molar-refractivity contribution in [2.75, 3.05) is 6.54 Å². The lowest BCUT2D eigenvalue weighted by Gasteiger charge is -2.36. The minimum atomic E-state index is -0.847. The summed E-state index contributed by atoms with van der Waals surface area (Å²) in [5.41, 5.74) is 3.29. The standard InChI is InChI=1S/C21H27NO4/c1-14-6-7-18(21(25)26)13-22(14)20(24)11-10-19(23)17-9-8-15-4-2-3-5-16(15)12-17/h8-9,12,14,18H,2-7,10-11,13H2,1H3,(H,25,26). The van der Waals surface area contributed by atoms with E-state index in [2.05, 4.69) is 0 Å². The second-order valence-electron chi connectivity index (χ2n) is 7.62. The zero-order chi connectivity index (χ0) is 18.7. The summed E-state index contributed by atoms with van der Waals surface area (Å²) < 4.78 is 0. The first-order chi connectivity index (χ1) is 12.5. The molecule has 2 aliphatic rings. The number of hydrogen-bond donors (Lipinski definition) is 1. The van der Waals surface area contributed by atoms with Gasteiger partial charge >= 0.3 is 5.97 Å². The normalized spacial score (nSPS) is 22.6. The highest BCUT2D eigenvalue weighted by molar-refractivity contribution is 5.98. The van der Waals surface area contributed by atoms with E-state index in [4.69, 9.17) is 0 Å². The number of benzene rings is 1. The smallest absolute Gasteiger partial charge is 0.308 e. The van der Waals surface area contributed by atoms with Crippen LogP contribution in [0.15, 0.2) is 18.2 Å². The summed E-state index contributed by atoms with van der Waals surface area (Å²) in [6.07, 6.45) is 6.11. The van der Waals surface area contributed by atoms with E-state index in [1.807, 2.05) is 25.1 Å². The second-order valence-corrected chi connectivity index (χ2v) is 7.62. The molecule has 0 spiro atoms. The third-order valence-electron chi connectivity index (χ3n) is 5.79. The van der Waals surface area contributed by atoms with Gasteiger partial charge < -0.3 is 10.0 Å². The molecule has 1 N–H and O–H groups in total. The maximum atomic E-state index is 12.5. The highest BCUT2D eigenvalue weighted by atomic mass is 16.4. The third-order valence-corrected chi connectivity index (χ3v) is 5.79. The van der Waals surface area contributed by atoms with Crippen molar-refractivity contribution in [3.05, 3.63) is 34.9 Å². The Morgan fingerprint density at radius 2 is 1.81 bits per heavy atom. The van der Waals surface area contributed by atoms with Crippen molar-refractivity contribution in [3.8, 4) is 0 Å². The summed E-state index contributed by atoms with van der Waals surface area (Å²) in [5, 5.41) is 9.20. The zero-order valence-electron chi connectivity index (χ0n) is 15.4. The fraction of sp³-hybridized carbons (Fsp3) is 0.571. The number of fused-ring (bicyclic) bond motifs is 1. The van der Waals surface area contributed by atoms with Gasteiger partial charge in [-0.1, -0.05) is 12.1 Å². The average Bonchev–Trinajstić information content (AvgIpc) is 2.65. The number of aryl methyl sites for hydroxylation is 2. The molecule has 1 fully saturated rings. The quantitative estimate of drug-likeness (QED) is 0.821. The number of carboxylic acid groups (broad SMARTS) is 1. The highest BCUT2D eigenvalue weighted by Gasteiger charge is 2.32. The number of nitrogens with zero attached hydrogens (tertiary/aromatic N) is 1. The molecule has 2 atom stereocenters. The van der Waals surface area contributed by atoms with Crippen LogP contribution in [0, 0.1) is 5.92 Å². The number of carbonyl (C=O) groups is 3. The van der Waals surface area contributed by atoms with E-state index in [1.165, 1.54) is 24.0 Å². The van der Waals surface area contributed by atoms with Crippen molar-refractivity contribution in [3.63, 3.8) is 0 Å². The minimum Gasteiger partial charge on any atom is -0.481 e. The molecule has 5 heteroatoms. The first-order valence-corrected chi connectivity index (χ1v) is 9.63. The van der Waals surface area contributed by atoms with Gasteiger partial charge in [-0.05, 0) is 62.6 Å². The Bertz CT molecular complexity index is 712. The van der Waals surface area contributed by atoms with Gasteiger partial charge in [0.25, 0.3) is 0 Å². The molecule has 26 heavy (non-hydrogen) atoms. The number of carboxylic acids is 1. The Labute approximate surface area is 154 Å². The number of Topliss-reactive ketones (excluding diaryl/α,β-unsaturated/α-hetero) is 1. The minimum absolute atomic E-state index is 0.00818. The van der Waals surface area contributed by atoms with Crippen LogP contribution >= 0.6 is 0 Å². The fourth-order valence-electron chi connectivity index (χ4n) is 4.07. The monoisotopic (exact) mass is 357 g/mol. The summed E-state index contributed by atoms with van der Waals surface area (Å²) in [6, 6.07) is 5.96. The van der Waals surface area contributed by atoms with Gasteiger partial charge in [0.15, 0.2) is 5.78 Å². The molecule has 1 aliphatic heterocycles. The topological polar surface area (TPSA) is 74.7 Å². The molecule has 3 rings (SSSR count). The number of carbonyl (C=O) groups excluding carboxylic acids is 2. The van der Waals surface area contributed by atoms with Gasteiger partial charge in [0.1, 0.15) is 0 Å². The van der Waals surface area contributed by atoms with E-state index < -0.39 is 11.9 Å². The lowest BCUT2D eigenvalue weighted by molar-refractivity contribution is -0.147. The Morgan fingerprint density at radius 3 is 2.54 bits per heavy atom. The van der Waals surface area contributed by atoms with Gasteiger partial charge in [-0.25, -0.2) is 0 Å². The molecule has 0 radical (unpaired) electrons. The Balaban J connectivity index is 1.58. The Kier molecular flexibility index (Phi) is 5.74. The van der Waals surface area contributed by atoms with E-state index in [-0.39, 0.29) is 37.1 Å². The molecule has 0 bridgehead atoms. The molecule has 1 aliphatic carbocycles. The van der Waals surface area contributed by atoms with E-state index in [9.17, 15) is 19.5 Å². The summed E-state index contributed by atoms with van der Waals surface area (Å²) in [6.45, 7) is 2.20. The third kappa shape index (κ3) is 4.14. The summed E-state index contributed by atoms with van der Waals surface area (Å²) in [7, 11) is 0. The highest BCUT2D eigenvalue weighted by Crippen LogP contribution is 2.25. The van der Waals surface area contributed by atoms with Crippen LogP contribution in [0.25, 0.3) is 0 Å². The molecule has 1 heterocycles. The molecule has 1 aromatic carbocycles. The molecule has 5 nitrogen and oxygen atoms in total. The maximum absolute atomic E-state index is 12.5. The van der Waals surface area contributed by atoms with Crippen molar-refractivity contribution < 1.29 is 19.5 Å². The number of amides is 1. The van der Waals surface area contributed by atoms with E-state index in [0.717, 1.165) is 12.8 Å². The van der Waals surface area contributed by atoms with E-state index in [0.29, 0.717) is 18.4 Å². The number of rotatable bonds is 5. The summed E-state index contributed by atoms with van der Waals surface area (Å²) in [4.78, 5) is 37.9. The molecule has 1 saturated heterocycles. The molecular weight excluding hydrogens is 330 g/mol. The number of piperidine rings is 1. The molecule has 1 amide bonds. The van der Waals surface area contributed by atoms with Crippen LogP contribution in [0.3, 0.4) is 0 Å². The largest absolute Gasteiger partial charge is 0.481 e. The van der Waals surface area contributed by atoms with Gasteiger partial charge in [0, 0.05) is 31.0 Å². The second kappa shape index (κ2) is 8.02. The van der Waals surface area contributed by atoms with Crippen molar-refractivity contribution >= 4 is 17.7 Å². The van der Waals surface area contributed by atoms with Crippen LogP contribution in [0.4, 0.5) is 0 Å². The van der Waals surface area contributed by atoms with Gasteiger partial charge in [0.05, 0.1) is 5.92 Å². The Morgan fingerprint density at radius 1 is 1.08 bits per heavy atom. The van der Waals surface area contributed by atoms with Crippen molar-refractivity contribution in [2.45, 2.75) is 64.3 Å². The van der Waals surface area contributed by atoms with Gasteiger partial charge in [0.2, 0.25) is 5.91 Å². The van der Waals surface area contributed by atoms with Gasteiger partial charge in [-0.3, -0.25) is 14.4 Å². The van der Waals surface area contributed by atoms with Crippen molar-refractivity contribution in [1.82, 2.24) is 4.90 Å². The lowest BCUT2D eigenvalue weighted by atomic mass is 9.89. The van der Waals surface area contributed by atoms with Crippen molar-refractivity contribution in [1.29, 1.82) is 0 Å². The molecule has 2 unspecified atom stereocenters. The molecule has 0 saturated carbocycles. The van der Waals surface area contributed by atoms with Crippen molar-refractivity contribution in [2.24, 2.45) is 5.92 Å². The van der Waals surface area contributed by atoms with Crippen LogP contribution in [0.5, 0.6) is 0 Å². The first kappa shape index (κ1) is 18.6. The fourth-order valence-corrected chi connectivity index (χ4v) is 4.07. The van der Waals surface area contributed by atoms with E-state index in [1.54, 1.807) is 4.90 Å². The zero-order valence-corrected chi connectivity index (χ0v) is 15.4. The first-order valence-electron chi connectivity index (χ1n) is 9.63. The molecule has 140 valence electrons. The molecule has 1 aromatic rings. The maximum Gasteiger partial charge on any atom is 0.308 e. The summed E-state index contributed by atoms with van der Waals surface area (Å²) >= 11 is 0. The van der Waals surface area contributed by atoms with Crippen LogP contribution in [0.2, 0.25) is 0 Å². The van der Waals surface area contributed by atoms with Gasteiger partial charge in [-0.2, -0.15) is 0 Å². The van der Waals surface area contributed by atoms with Gasteiger partial charge in [-0.15, -0.1) is 0 Å². The lowest BCUT2D eigenvalue weighted by Crippen LogP contribution is -2.47. The number of hydrogen-bond acceptors (Lipinski definition) is 3. The number of aliphatic carboxylic acids is 1.